The second-order valence-electron chi connectivity index (χ2n) is 7.13. The second kappa shape index (κ2) is 6.35. The van der Waals surface area contributed by atoms with Gasteiger partial charge in [-0.2, -0.15) is 0 Å². The van der Waals surface area contributed by atoms with E-state index < -0.39 is 16.6 Å². The summed E-state index contributed by atoms with van der Waals surface area (Å²) in [5, 5.41) is 0. The monoisotopic (exact) mass is 295 g/mol. The van der Waals surface area contributed by atoms with Gasteiger partial charge in [0.25, 0.3) is 0 Å². The summed E-state index contributed by atoms with van der Waals surface area (Å²) in [6, 6.07) is 11.1. The summed E-state index contributed by atoms with van der Waals surface area (Å²) in [7, 11) is -0.556. The topological polar surface area (TPSA) is 12.5 Å². The first-order valence-corrected chi connectivity index (χ1v) is 13.9. The van der Waals surface area contributed by atoms with Crippen molar-refractivity contribution in [2.75, 3.05) is 13.7 Å². The van der Waals surface area contributed by atoms with E-state index in [1.54, 1.807) is 0 Å². The fraction of sp³-hybridized carbons (Fsp3) is 0.600. The summed E-state index contributed by atoms with van der Waals surface area (Å²) in [4.78, 5) is 0. The molecule has 0 saturated carbocycles. The van der Waals surface area contributed by atoms with Gasteiger partial charge in [0.05, 0.1) is 12.6 Å². The van der Waals surface area contributed by atoms with Crippen LogP contribution in [0.25, 0.3) is 0 Å². The molecule has 0 aromatic heterocycles. The van der Waals surface area contributed by atoms with Crippen molar-refractivity contribution in [2.45, 2.75) is 45.3 Å². The van der Waals surface area contributed by atoms with Gasteiger partial charge in [-0.3, -0.25) is 0 Å². The Morgan fingerprint density at radius 1 is 1.00 bits per heavy atom. The Balaban J connectivity index is 2.92. The zero-order chi connectivity index (χ0) is 14.7. The number of hydrogen-bond donors (Lipinski definition) is 0. The third-order valence-corrected chi connectivity index (χ3v) is 6.84. The lowest BCUT2D eigenvalue weighted by molar-refractivity contribution is 0.213. The van der Waals surface area contributed by atoms with E-state index in [4.69, 9.17) is 4.43 Å². The van der Waals surface area contributed by atoms with Crippen molar-refractivity contribution in [1.82, 2.24) is 4.57 Å². The maximum Gasteiger partial charge on any atom is 0.183 e. The molecular formula is C15H29NOSi2. The Labute approximate surface area is 121 Å². The molecular weight excluding hydrogens is 266 g/mol. The van der Waals surface area contributed by atoms with Crippen LogP contribution in [0.4, 0.5) is 0 Å². The largest absolute Gasteiger partial charge is 0.416 e. The lowest BCUT2D eigenvalue weighted by Gasteiger charge is -2.38. The number of benzene rings is 1. The molecule has 0 bridgehead atoms. The second-order valence-corrected chi connectivity index (χ2v) is 16.7. The van der Waals surface area contributed by atoms with Crippen molar-refractivity contribution in [1.29, 1.82) is 0 Å². The fourth-order valence-electron chi connectivity index (χ4n) is 1.90. The van der Waals surface area contributed by atoms with Crippen molar-refractivity contribution in [3.8, 4) is 0 Å². The van der Waals surface area contributed by atoms with Gasteiger partial charge in [-0.15, -0.1) is 0 Å². The van der Waals surface area contributed by atoms with Crippen LogP contribution in [0, 0.1) is 0 Å². The van der Waals surface area contributed by atoms with E-state index in [-0.39, 0.29) is 0 Å². The van der Waals surface area contributed by atoms with Gasteiger partial charge in [-0.1, -0.05) is 50.0 Å². The first-order valence-electron chi connectivity index (χ1n) is 7.03. The number of hydrogen-bond acceptors (Lipinski definition) is 2. The molecule has 0 fully saturated rings. The van der Waals surface area contributed by atoms with Gasteiger partial charge in [-0.05, 0) is 32.3 Å². The highest BCUT2D eigenvalue weighted by Crippen LogP contribution is 2.26. The zero-order valence-corrected chi connectivity index (χ0v) is 15.5. The molecule has 0 aliphatic heterocycles. The van der Waals surface area contributed by atoms with Crippen molar-refractivity contribution in [3.63, 3.8) is 0 Å². The lowest BCUT2D eigenvalue weighted by Crippen LogP contribution is -2.47. The molecule has 0 saturated heterocycles. The molecule has 0 radical (unpaired) electrons. The van der Waals surface area contributed by atoms with Gasteiger partial charge >= 0.3 is 0 Å². The Bertz CT molecular complexity index is 381. The fourth-order valence-corrected chi connectivity index (χ4v) is 3.72. The van der Waals surface area contributed by atoms with Gasteiger partial charge in [0.1, 0.15) is 8.24 Å². The van der Waals surface area contributed by atoms with Crippen LogP contribution in [0.15, 0.2) is 30.3 Å². The minimum Gasteiger partial charge on any atom is -0.416 e. The average molecular weight is 296 g/mol. The maximum absolute atomic E-state index is 6.18. The van der Waals surface area contributed by atoms with Crippen LogP contribution < -0.4 is 0 Å². The van der Waals surface area contributed by atoms with Gasteiger partial charge in [-0.25, -0.2) is 0 Å². The van der Waals surface area contributed by atoms with Crippen molar-refractivity contribution in [3.05, 3.63) is 35.9 Å². The Hall–Kier alpha value is -0.426. The smallest absolute Gasteiger partial charge is 0.183 e. The predicted octanol–water partition coefficient (Wildman–Crippen LogP) is 4.35. The third kappa shape index (κ3) is 5.61. The molecule has 0 spiro atoms. The van der Waals surface area contributed by atoms with Crippen LogP contribution in [0.5, 0.6) is 0 Å². The summed E-state index contributed by atoms with van der Waals surface area (Å²) >= 11 is 0. The Morgan fingerprint density at radius 2 is 1.53 bits per heavy atom. The number of rotatable bonds is 6. The highest BCUT2D eigenvalue weighted by molar-refractivity contribution is 6.73. The van der Waals surface area contributed by atoms with E-state index in [0.29, 0.717) is 6.04 Å². The van der Waals surface area contributed by atoms with E-state index in [0.717, 1.165) is 6.61 Å². The van der Waals surface area contributed by atoms with E-state index in [1.807, 2.05) is 0 Å². The van der Waals surface area contributed by atoms with Crippen LogP contribution in [-0.4, -0.2) is 34.8 Å². The summed E-state index contributed by atoms with van der Waals surface area (Å²) in [5.41, 5.74) is 1.37. The minimum absolute atomic E-state index is 0.375. The van der Waals surface area contributed by atoms with Gasteiger partial charge in [0.2, 0.25) is 0 Å². The molecule has 0 aliphatic rings. The van der Waals surface area contributed by atoms with Crippen LogP contribution in [-0.2, 0) is 4.43 Å². The van der Waals surface area contributed by atoms with Crippen molar-refractivity contribution < 1.29 is 4.43 Å². The van der Waals surface area contributed by atoms with Gasteiger partial charge in [0, 0.05) is 0 Å². The van der Waals surface area contributed by atoms with E-state index in [2.05, 4.69) is 81.2 Å². The van der Waals surface area contributed by atoms with Crippen molar-refractivity contribution in [2.24, 2.45) is 0 Å². The Morgan fingerprint density at radius 3 is 1.95 bits per heavy atom. The molecule has 108 valence electrons. The molecule has 19 heavy (non-hydrogen) atoms. The molecule has 0 aliphatic carbocycles. The molecule has 1 unspecified atom stereocenters. The zero-order valence-electron chi connectivity index (χ0n) is 13.5. The summed E-state index contributed by atoms with van der Waals surface area (Å²) in [5.74, 6) is 0. The van der Waals surface area contributed by atoms with Crippen LogP contribution >= 0.6 is 0 Å². The normalized spacial score (nSPS) is 14.7. The summed E-state index contributed by atoms with van der Waals surface area (Å²) in [6.07, 6.45) is 0. The molecule has 2 nitrogen and oxygen atoms in total. The van der Waals surface area contributed by atoms with Crippen LogP contribution in [0.2, 0.25) is 39.3 Å². The highest BCUT2D eigenvalue weighted by atomic mass is 28.4. The van der Waals surface area contributed by atoms with Gasteiger partial charge < -0.3 is 8.99 Å². The maximum atomic E-state index is 6.18. The van der Waals surface area contributed by atoms with E-state index in [1.165, 1.54) is 5.56 Å². The minimum atomic E-state index is -1.47. The molecule has 0 N–H and O–H groups in total. The number of likely N-dealkylation sites (N-methyl/N-ethyl adjacent to an activating group) is 1. The molecule has 0 amide bonds. The molecule has 4 heteroatoms. The first-order chi connectivity index (χ1) is 8.61. The first kappa shape index (κ1) is 16.6. The summed E-state index contributed by atoms with van der Waals surface area (Å²) < 4.78 is 8.73. The highest BCUT2D eigenvalue weighted by Gasteiger charge is 2.29. The molecule has 1 aromatic carbocycles. The third-order valence-electron chi connectivity index (χ3n) is 3.38. The predicted molar refractivity (Wildman–Crippen MR) is 89.6 cm³/mol. The van der Waals surface area contributed by atoms with E-state index >= 15 is 0 Å². The SMILES string of the molecule is CN(C(CO[Si](C)(C)C)c1ccccc1)[Si](C)(C)C. The van der Waals surface area contributed by atoms with Crippen LogP contribution in [0.1, 0.15) is 11.6 Å². The number of nitrogens with zero attached hydrogens (tertiary/aromatic N) is 1. The summed E-state index contributed by atoms with van der Waals surface area (Å²) in [6.45, 7) is 14.7. The van der Waals surface area contributed by atoms with Crippen LogP contribution in [0.3, 0.4) is 0 Å². The quantitative estimate of drug-likeness (QED) is 0.724. The molecule has 0 heterocycles. The standard InChI is InChI=1S/C15H29NOSi2/c1-16(18(2,3)4)15(13-17-19(5,6)7)14-11-9-8-10-12-14/h8-12,15H,13H2,1-7H3. The van der Waals surface area contributed by atoms with Gasteiger partial charge in [0.15, 0.2) is 8.32 Å². The van der Waals surface area contributed by atoms with E-state index in [9.17, 15) is 0 Å². The Kier molecular flexibility index (Phi) is 5.56. The lowest BCUT2D eigenvalue weighted by atomic mass is 10.1. The molecule has 1 rings (SSSR count). The average Bonchev–Trinajstić information content (AvgIpc) is 2.27. The van der Waals surface area contributed by atoms with Crippen molar-refractivity contribution >= 4 is 16.6 Å². The molecule has 1 atom stereocenters. The molecule has 1 aromatic rings.